The molecular formula is C27H34F2O2. The minimum Gasteiger partial charge on any atom is -0.477 e. The molecule has 2 nitrogen and oxygen atoms in total. The number of carboxylic acid groups (broad SMARTS) is 1. The molecule has 0 amide bonds. The zero-order valence-electron chi connectivity index (χ0n) is 18.5. The molecule has 4 rings (SSSR count). The van der Waals surface area contributed by atoms with E-state index in [2.05, 4.69) is 6.92 Å². The monoisotopic (exact) mass is 428 g/mol. The number of benzene rings is 2. The lowest BCUT2D eigenvalue weighted by atomic mass is 9.63. The Labute approximate surface area is 184 Å². The lowest BCUT2D eigenvalue weighted by Crippen LogP contribution is -2.30. The second-order valence-corrected chi connectivity index (χ2v) is 9.89. The molecule has 4 atom stereocenters. The Hall–Kier alpha value is -1.97. The van der Waals surface area contributed by atoms with E-state index < -0.39 is 23.2 Å². The van der Waals surface area contributed by atoms with Crippen molar-refractivity contribution >= 4 is 16.7 Å². The van der Waals surface area contributed by atoms with Gasteiger partial charge < -0.3 is 5.11 Å². The third kappa shape index (κ3) is 4.78. The van der Waals surface area contributed by atoms with E-state index in [9.17, 15) is 13.6 Å². The summed E-state index contributed by atoms with van der Waals surface area (Å²) in [6, 6.07) is 6.59. The first kappa shape index (κ1) is 22.2. The average Bonchev–Trinajstić information content (AvgIpc) is 2.75. The third-order valence-corrected chi connectivity index (χ3v) is 7.93. The molecule has 2 aliphatic rings. The molecule has 2 aromatic carbocycles. The van der Waals surface area contributed by atoms with E-state index in [0.717, 1.165) is 36.2 Å². The van der Waals surface area contributed by atoms with Gasteiger partial charge in [-0.05, 0) is 72.8 Å². The molecule has 1 N–H and O–H groups in total. The van der Waals surface area contributed by atoms with Crippen LogP contribution in [0, 0.1) is 29.4 Å². The molecule has 0 heterocycles. The summed E-state index contributed by atoms with van der Waals surface area (Å²) in [6.07, 6.45) is 14.4. The van der Waals surface area contributed by atoms with Crippen LogP contribution in [0.25, 0.3) is 10.8 Å². The van der Waals surface area contributed by atoms with Crippen LogP contribution in [0.2, 0.25) is 0 Å². The largest absolute Gasteiger partial charge is 0.477 e. The molecule has 2 fully saturated rings. The van der Waals surface area contributed by atoms with Crippen molar-refractivity contribution < 1.29 is 18.7 Å². The van der Waals surface area contributed by atoms with Crippen LogP contribution in [0.4, 0.5) is 8.78 Å². The number of rotatable bonds is 7. The first-order valence-electron chi connectivity index (χ1n) is 12.1. The molecule has 2 aromatic rings. The van der Waals surface area contributed by atoms with Gasteiger partial charge >= 0.3 is 5.97 Å². The fourth-order valence-electron chi connectivity index (χ4n) is 6.21. The molecule has 0 aromatic heterocycles. The standard InChI is InChI=1S/C27H34F2O2/c1-2-3-4-5-6-17-7-8-19-14-20(10-9-18(19)13-17)21-11-12-23-22(15-21)16-24(28)25(26(23)29)27(30)31/h11-12,15-20H,2-10,13-14H2,1H3,(H,30,31). The molecule has 4 heteroatoms. The van der Waals surface area contributed by atoms with Gasteiger partial charge in [0.1, 0.15) is 17.2 Å². The predicted octanol–water partition coefficient (Wildman–Crippen LogP) is 8.09. The normalized spacial score (nSPS) is 26.0. The van der Waals surface area contributed by atoms with Gasteiger partial charge in [-0.15, -0.1) is 0 Å². The minimum atomic E-state index is -1.57. The number of unbranched alkanes of at least 4 members (excludes halogenated alkanes) is 3. The first-order valence-corrected chi connectivity index (χ1v) is 12.1. The number of hydrogen-bond donors (Lipinski definition) is 1. The van der Waals surface area contributed by atoms with E-state index in [1.807, 2.05) is 12.1 Å². The van der Waals surface area contributed by atoms with E-state index in [-0.39, 0.29) is 5.39 Å². The number of aromatic carboxylic acids is 1. The van der Waals surface area contributed by atoms with Gasteiger partial charge in [-0.2, -0.15) is 0 Å². The quantitative estimate of drug-likeness (QED) is 0.453. The van der Waals surface area contributed by atoms with Crippen LogP contribution in [0.5, 0.6) is 0 Å². The summed E-state index contributed by atoms with van der Waals surface area (Å²) in [5, 5.41) is 9.72. The van der Waals surface area contributed by atoms with Crippen molar-refractivity contribution in [1.29, 1.82) is 0 Å². The van der Waals surface area contributed by atoms with Crippen LogP contribution in [0.1, 0.15) is 99.4 Å². The van der Waals surface area contributed by atoms with Crippen molar-refractivity contribution in [3.8, 4) is 0 Å². The van der Waals surface area contributed by atoms with Crippen molar-refractivity contribution in [2.75, 3.05) is 0 Å². The topological polar surface area (TPSA) is 37.3 Å². The molecular weight excluding hydrogens is 394 g/mol. The number of hydrogen-bond acceptors (Lipinski definition) is 1. The van der Waals surface area contributed by atoms with Gasteiger partial charge in [0, 0.05) is 5.39 Å². The number of halogens is 2. The van der Waals surface area contributed by atoms with Crippen molar-refractivity contribution in [3.05, 3.63) is 47.0 Å². The van der Waals surface area contributed by atoms with Crippen molar-refractivity contribution in [1.82, 2.24) is 0 Å². The highest BCUT2D eigenvalue weighted by molar-refractivity contribution is 5.95. The molecule has 0 aliphatic heterocycles. The van der Waals surface area contributed by atoms with Crippen LogP contribution < -0.4 is 0 Å². The molecule has 2 saturated carbocycles. The van der Waals surface area contributed by atoms with Crippen molar-refractivity contribution in [3.63, 3.8) is 0 Å². The van der Waals surface area contributed by atoms with E-state index >= 15 is 0 Å². The summed E-state index contributed by atoms with van der Waals surface area (Å²) >= 11 is 0. The summed E-state index contributed by atoms with van der Waals surface area (Å²) in [5.41, 5.74) is 0.265. The summed E-state index contributed by atoms with van der Waals surface area (Å²) < 4.78 is 28.7. The fraction of sp³-hybridized carbons (Fsp3) is 0.593. The Kier molecular flexibility index (Phi) is 6.93. The molecule has 0 radical (unpaired) electrons. The zero-order chi connectivity index (χ0) is 22.0. The molecule has 168 valence electrons. The van der Waals surface area contributed by atoms with Gasteiger partial charge in [-0.25, -0.2) is 13.6 Å². The van der Waals surface area contributed by atoms with Crippen molar-refractivity contribution in [2.24, 2.45) is 17.8 Å². The summed E-state index contributed by atoms with van der Waals surface area (Å²) in [5.74, 6) is -0.605. The summed E-state index contributed by atoms with van der Waals surface area (Å²) in [7, 11) is 0. The Bertz CT molecular complexity index is 938. The van der Waals surface area contributed by atoms with Crippen LogP contribution in [0.15, 0.2) is 24.3 Å². The molecule has 0 bridgehead atoms. The molecule has 4 unspecified atom stereocenters. The van der Waals surface area contributed by atoms with E-state index in [4.69, 9.17) is 5.11 Å². The number of carboxylic acids is 1. The second kappa shape index (κ2) is 9.67. The predicted molar refractivity (Wildman–Crippen MR) is 120 cm³/mol. The number of fused-ring (bicyclic) bond motifs is 2. The second-order valence-electron chi connectivity index (χ2n) is 9.89. The third-order valence-electron chi connectivity index (χ3n) is 7.93. The maximum Gasteiger partial charge on any atom is 0.341 e. The Morgan fingerprint density at radius 1 is 1.00 bits per heavy atom. The van der Waals surface area contributed by atoms with E-state index in [1.54, 1.807) is 6.07 Å². The smallest absolute Gasteiger partial charge is 0.341 e. The van der Waals surface area contributed by atoms with Gasteiger partial charge in [-0.3, -0.25) is 0 Å². The van der Waals surface area contributed by atoms with Crippen LogP contribution >= 0.6 is 0 Å². The summed E-state index contributed by atoms with van der Waals surface area (Å²) in [4.78, 5) is 11.2. The Morgan fingerprint density at radius 3 is 2.55 bits per heavy atom. The maximum absolute atomic E-state index is 14.5. The summed E-state index contributed by atoms with van der Waals surface area (Å²) in [6.45, 7) is 2.26. The molecule has 0 spiro atoms. The molecule has 2 aliphatic carbocycles. The minimum absolute atomic E-state index is 0.180. The van der Waals surface area contributed by atoms with Gasteiger partial charge in [0.2, 0.25) is 0 Å². The highest BCUT2D eigenvalue weighted by Gasteiger charge is 2.36. The Balaban J connectivity index is 1.43. The van der Waals surface area contributed by atoms with Gasteiger partial charge in [0.15, 0.2) is 0 Å². The van der Waals surface area contributed by atoms with E-state index in [0.29, 0.717) is 11.3 Å². The van der Waals surface area contributed by atoms with Crippen molar-refractivity contribution in [2.45, 2.75) is 83.5 Å². The highest BCUT2D eigenvalue weighted by atomic mass is 19.1. The van der Waals surface area contributed by atoms with Gasteiger partial charge in [0.25, 0.3) is 0 Å². The van der Waals surface area contributed by atoms with E-state index in [1.165, 1.54) is 63.9 Å². The zero-order valence-corrected chi connectivity index (χ0v) is 18.5. The first-order chi connectivity index (χ1) is 15.0. The van der Waals surface area contributed by atoms with Crippen LogP contribution in [-0.4, -0.2) is 11.1 Å². The number of carbonyl (C=O) groups is 1. The molecule has 0 saturated heterocycles. The highest BCUT2D eigenvalue weighted by Crippen LogP contribution is 2.48. The Morgan fingerprint density at radius 2 is 1.77 bits per heavy atom. The van der Waals surface area contributed by atoms with Gasteiger partial charge in [-0.1, -0.05) is 63.6 Å². The van der Waals surface area contributed by atoms with Gasteiger partial charge in [0.05, 0.1) is 0 Å². The average molecular weight is 429 g/mol. The fourth-order valence-corrected chi connectivity index (χ4v) is 6.21. The maximum atomic E-state index is 14.5. The van der Waals surface area contributed by atoms with Crippen LogP contribution in [-0.2, 0) is 0 Å². The molecule has 31 heavy (non-hydrogen) atoms. The van der Waals surface area contributed by atoms with Crippen LogP contribution in [0.3, 0.4) is 0 Å². The lowest BCUT2D eigenvalue weighted by Gasteiger charge is -2.42. The SMILES string of the molecule is CCCCCCC1CCC2CC(c3ccc4c(F)c(C(=O)O)c(F)cc4c3)CCC2C1. The lowest BCUT2D eigenvalue weighted by molar-refractivity contribution is 0.0687.